The summed E-state index contributed by atoms with van der Waals surface area (Å²) in [6.45, 7) is 7.50. The maximum Gasteiger partial charge on any atom is 0.0216 e. The fourth-order valence-corrected chi connectivity index (χ4v) is 1.60. The van der Waals surface area contributed by atoms with E-state index in [1.165, 1.54) is 32.1 Å². The van der Waals surface area contributed by atoms with Gasteiger partial charge in [0.15, 0.2) is 0 Å². The average molecular weight is 186 g/mol. The first-order chi connectivity index (χ1) is 6.22. The highest BCUT2D eigenvalue weighted by Crippen LogP contribution is 2.07. The Morgan fingerprint density at radius 1 is 1.15 bits per heavy atom. The second-order valence-corrected chi connectivity index (χ2v) is 3.87. The molecule has 2 unspecified atom stereocenters. The highest BCUT2D eigenvalue weighted by molar-refractivity contribution is 4.74. The standard InChI is InChI=1S/C11H26N2/c1-4-6-7-8-9-11(10(3)12)13-5-2/h10-11,13H,4-9,12H2,1-3H3. The van der Waals surface area contributed by atoms with Gasteiger partial charge in [-0.15, -0.1) is 0 Å². The highest BCUT2D eigenvalue weighted by Gasteiger charge is 2.10. The molecule has 2 heteroatoms. The van der Waals surface area contributed by atoms with E-state index in [-0.39, 0.29) is 6.04 Å². The summed E-state index contributed by atoms with van der Waals surface area (Å²) < 4.78 is 0. The topological polar surface area (TPSA) is 38.0 Å². The van der Waals surface area contributed by atoms with Gasteiger partial charge in [-0.1, -0.05) is 39.5 Å². The molecule has 0 saturated heterocycles. The van der Waals surface area contributed by atoms with Crippen LogP contribution >= 0.6 is 0 Å². The minimum Gasteiger partial charge on any atom is -0.327 e. The van der Waals surface area contributed by atoms with Crippen LogP contribution in [0.4, 0.5) is 0 Å². The quantitative estimate of drug-likeness (QED) is 0.571. The largest absolute Gasteiger partial charge is 0.327 e. The van der Waals surface area contributed by atoms with Gasteiger partial charge in [0.1, 0.15) is 0 Å². The summed E-state index contributed by atoms with van der Waals surface area (Å²) in [5.74, 6) is 0. The number of unbranched alkanes of at least 4 members (excludes halogenated alkanes) is 3. The third-order valence-electron chi connectivity index (χ3n) is 2.47. The lowest BCUT2D eigenvalue weighted by Crippen LogP contribution is -2.43. The second-order valence-electron chi connectivity index (χ2n) is 3.87. The minimum absolute atomic E-state index is 0.279. The molecule has 3 N–H and O–H groups in total. The Labute approximate surface area is 83.3 Å². The molecule has 0 aliphatic carbocycles. The summed E-state index contributed by atoms with van der Waals surface area (Å²) in [5, 5.41) is 3.43. The van der Waals surface area contributed by atoms with Crippen molar-refractivity contribution < 1.29 is 0 Å². The molecule has 0 saturated carbocycles. The van der Waals surface area contributed by atoms with Gasteiger partial charge in [-0.05, 0) is 19.9 Å². The first-order valence-electron chi connectivity index (χ1n) is 5.71. The Morgan fingerprint density at radius 2 is 1.85 bits per heavy atom. The molecule has 0 aliphatic rings. The summed E-state index contributed by atoms with van der Waals surface area (Å²) in [6.07, 6.45) is 6.56. The van der Waals surface area contributed by atoms with E-state index in [1.54, 1.807) is 0 Å². The van der Waals surface area contributed by atoms with Gasteiger partial charge < -0.3 is 11.1 Å². The molecule has 0 heterocycles. The van der Waals surface area contributed by atoms with Crippen LogP contribution in [0.25, 0.3) is 0 Å². The highest BCUT2D eigenvalue weighted by atomic mass is 14.9. The number of rotatable bonds is 8. The number of hydrogen-bond acceptors (Lipinski definition) is 2. The van der Waals surface area contributed by atoms with Gasteiger partial charge in [-0.3, -0.25) is 0 Å². The first kappa shape index (κ1) is 12.9. The van der Waals surface area contributed by atoms with E-state index in [0.717, 1.165) is 6.54 Å². The fourth-order valence-electron chi connectivity index (χ4n) is 1.60. The van der Waals surface area contributed by atoms with E-state index >= 15 is 0 Å². The van der Waals surface area contributed by atoms with Gasteiger partial charge in [-0.2, -0.15) is 0 Å². The van der Waals surface area contributed by atoms with Gasteiger partial charge in [-0.25, -0.2) is 0 Å². The van der Waals surface area contributed by atoms with E-state index in [2.05, 4.69) is 26.1 Å². The van der Waals surface area contributed by atoms with Crippen molar-refractivity contribution in [2.75, 3.05) is 6.54 Å². The molecule has 2 atom stereocenters. The molecule has 0 aromatic carbocycles. The van der Waals surface area contributed by atoms with Crippen molar-refractivity contribution in [2.24, 2.45) is 5.73 Å². The van der Waals surface area contributed by atoms with Gasteiger partial charge in [0.05, 0.1) is 0 Å². The number of nitrogens with one attached hydrogen (secondary N) is 1. The molecular formula is C11H26N2. The van der Waals surface area contributed by atoms with Crippen molar-refractivity contribution in [1.82, 2.24) is 5.32 Å². The Morgan fingerprint density at radius 3 is 2.31 bits per heavy atom. The third kappa shape index (κ3) is 7.03. The molecule has 0 fully saturated rings. The van der Waals surface area contributed by atoms with Crippen LogP contribution in [0.2, 0.25) is 0 Å². The Kier molecular flexibility index (Phi) is 8.46. The zero-order valence-corrected chi connectivity index (χ0v) is 9.47. The predicted molar refractivity (Wildman–Crippen MR) is 59.9 cm³/mol. The minimum atomic E-state index is 0.279. The molecule has 0 amide bonds. The molecule has 80 valence electrons. The molecule has 0 spiro atoms. The average Bonchev–Trinajstić information content (AvgIpc) is 2.10. The molecule has 0 aromatic rings. The lowest BCUT2D eigenvalue weighted by atomic mass is 10.0. The van der Waals surface area contributed by atoms with Gasteiger partial charge >= 0.3 is 0 Å². The maximum absolute atomic E-state index is 5.87. The van der Waals surface area contributed by atoms with E-state index in [1.807, 2.05) is 0 Å². The number of likely N-dealkylation sites (N-methyl/N-ethyl adjacent to an activating group) is 1. The summed E-state index contributed by atoms with van der Waals surface area (Å²) >= 11 is 0. The van der Waals surface area contributed by atoms with Crippen LogP contribution < -0.4 is 11.1 Å². The van der Waals surface area contributed by atoms with Crippen LogP contribution in [0.5, 0.6) is 0 Å². The summed E-state index contributed by atoms with van der Waals surface area (Å²) in [5.41, 5.74) is 5.87. The Balaban J connectivity index is 3.45. The summed E-state index contributed by atoms with van der Waals surface area (Å²) in [6, 6.07) is 0.795. The Bertz CT molecular complexity index is 102. The fraction of sp³-hybridized carbons (Fsp3) is 1.00. The van der Waals surface area contributed by atoms with Crippen molar-refractivity contribution in [2.45, 2.75) is 65.0 Å². The molecule has 2 nitrogen and oxygen atoms in total. The molecule has 0 radical (unpaired) electrons. The van der Waals surface area contributed by atoms with Crippen LogP contribution in [0.1, 0.15) is 52.9 Å². The van der Waals surface area contributed by atoms with E-state index < -0.39 is 0 Å². The maximum atomic E-state index is 5.87. The van der Waals surface area contributed by atoms with Crippen molar-refractivity contribution >= 4 is 0 Å². The zero-order chi connectivity index (χ0) is 10.1. The van der Waals surface area contributed by atoms with Crippen LogP contribution in [0.15, 0.2) is 0 Å². The van der Waals surface area contributed by atoms with Crippen LogP contribution in [0, 0.1) is 0 Å². The van der Waals surface area contributed by atoms with E-state index in [4.69, 9.17) is 5.73 Å². The number of hydrogen-bond donors (Lipinski definition) is 2. The van der Waals surface area contributed by atoms with Crippen molar-refractivity contribution in [3.05, 3.63) is 0 Å². The lowest BCUT2D eigenvalue weighted by Gasteiger charge is -2.21. The van der Waals surface area contributed by atoms with Gasteiger partial charge in [0.25, 0.3) is 0 Å². The smallest absolute Gasteiger partial charge is 0.0216 e. The van der Waals surface area contributed by atoms with Gasteiger partial charge in [0.2, 0.25) is 0 Å². The lowest BCUT2D eigenvalue weighted by molar-refractivity contribution is 0.414. The third-order valence-corrected chi connectivity index (χ3v) is 2.47. The van der Waals surface area contributed by atoms with E-state index in [9.17, 15) is 0 Å². The second kappa shape index (κ2) is 8.52. The van der Waals surface area contributed by atoms with Crippen molar-refractivity contribution in [1.29, 1.82) is 0 Å². The number of nitrogens with two attached hydrogens (primary N) is 1. The van der Waals surface area contributed by atoms with Crippen molar-refractivity contribution in [3.63, 3.8) is 0 Å². The predicted octanol–water partition coefficient (Wildman–Crippen LogP) is 2.28. The molecule has 0 aliphatic heterocycles. The first-order valence-corrected chi connectivity index (χ1v) is 5.71. The molecule has 13 heavy (non-hydrogen) atoms. The Hall–Kier alpha value is -0.0800. The van der Waals surface area contributed by atoms with Crippen LogP contribution in [-0.2, 0) is 0 Å². The molecule has 0 rings (SSSR count). The normalized spacial score (nSPS) is 15.7. The monoisotopic (exact) mass is 186 g/mol. The van der Waals surface area contributed by atoms with Crippen LogP contribution in [0.3, 0.4) is 0 Å². The summed E-state index contributed by atoms with van der Waals surface area (Å²) in [4.78, 5) is 0. The molecular weight excluding hydrogens is 160 g/mol. The van der Waals surface area contributed by atoms with Crippen molar-refractivity contribution in [3.8, 4) is 0 Å². The van der Waals surface area contributed by atoms with E-state index in [0.29, 0.717) is 6.04 Å². The molecule has 0 aromatic heterocycles. The SMILES string of the molecule is CCCCCCC(NCC)C(C)N. The van der Waals surface area contributed by atoms with Gasteiger partial charge in [0, 0.05) is 12.1 Å². The molecule has 0 bridgehead atoms. The van der Waals surface area contributed by atoms with Crippen LogP contribution in [-0.4, -0.2) is 18.6 Å². The zero-order valence-electron chi connectivity index (χ0n) is 9.47. The summed E-state index contributed by atoms with van der Waals surface area (Å²) in [7, 11) is 0.